The van der Waals surface area contributed by atoms with Crippen molar-refractivity contribution in [3.8, 4) is 0 Å². The van der Waals surface area contributed by atoms with Crippen molar-refractivity contribution in [2.45, 2.75) is 31.9 Å². The highest BCUT2D eigenvalue weighted by Crippen LogP contribution is 2.22. The second-order valence-corrected chi connectivity index (χ2v) is 6.01. The van der Waals surface area contributed by atoms with Crippen LogP contribution in [0.3, 0.4) is 0 Å². The number of likely N-dealkylation sites (tertiary alicyclic amines) is 1. The minimum atomic E-state index is -1.53. The van der Waals surface area contributed by atoms with Gasteiger partial charge in [-0.25, -0.2) is 0 Å². The van der Waals surface area contributed by atoms with E-state index >= 15 is 0 Å². The molecule has 0 spiro atoms. The van der Waals surface area contributed by atoms with Gasteiger partial charge in [0.2, 0.25) is 5.91 Å². The first-order valence-corrected chi connectivity index (χ1v) is 7.72. The first-order chi connectivity index (χ1) is 11.0. The molecule has 1 saturated heterocycles. The van der Waals surface area contributed by atoms with Gasteiger partial charge in [0, 0.05) is 18.9 Å². The molecule has 23 heavy (non-hydrogen) atoms. The van der Waals surface area contributed by atoms with Crippen molar-refractivity contribution in [3.63, 3.8) is 0 Å². The lowest BCUT2D eigenvalue weighted by Crippen LogP contribution is -2.57. The summed E-state index contributed by atoms with van der Waals surface area (Å²) < 4.78 is 5.64. The van der Waals surface area contributed by atoms with Crippen molar-refractivity contribution < 1.29 is 19.1 Å². The van der Waals surface area contributed by atoms with Crippen LogP contribution in [0.15, 0.2) is 34.7 Å². The molecule has 6 heteroatoms. The molecule has 1 aliphatic rings. The molecule has 2 amide bonds. The number of para-hydroxylation sites is 1. The van der Waals surface area contributed by atoms with E-state index in [1.165, 1.54) is 11.8 Å². The fraction of sp³-hybridized carbons (Fsp3) is 0.412. The van der Waals surface area contributed by atoms with Crippen LogP contribution in [0, 0.1) is 0 Å². The van der Waals surface area contributed by atoms with E-state index in [1.807, 2.05) is 30.3 Å². The molecule has 0 aliphatic carbocycles. The second kappa shape index (κ2) is 6.04. The van der Waals surface area contributed by atoms with E-state index in [0.717, 1.165) is 11.0 Å². The van der Waals surface area contributed by atoms with E-state index in [2.05, 4.69) is 5.32 Å². The molecule has 1 aromatic carbocycles. The maximum atomic E-state index is 12.3. The predicted octanol–water partition coefficient (Wildman–Crippen LogP) is 1.42. The number of carbonyl (C=O) groups excluding carboxylic acids is 2. The normalized spacial score (nSPS) is 21.4. The highest BCUT2D eigenvalue weighted by atomic mass is 16.3. The lowest BCUT2D eigenvalue weighted by molar-refractivity contribution is -0.150. The van der Waals surface area contributed by atoms with Gasteiger partial charge >= 0.3 is 0 Å². The van der Waals surface area contributed by atoms with Crippen LogP contribution in [0.1, 0.15) is 25.5 Å². The number of hydrogen-bond acceptors (Lipinski definition) is 4. The van der Waals surface area contributed by atoms with Gasteiger partial charge in [-0.05, 0) is 25.0 Å². The van der Waals surface area contributed by atoms with Crippen molar-refractivity contribution in [2.75, 3.05) is 13.1 Å². The molecular formula is C17H20N2O4. The Labute approximate surface area is 134 Å². The van der Waals surface area contributed by atoms with Gasteiger partial charge in [-0.15, -0.1) is 0 Å². The fourth-order valence-electron chi connectivity index (χ4n) is 2.95. The predicted molar refractivity (Wildman–Crippen MR) is 84.5 cm³/mol. The quantitative estimate of drug-likeness (QED) is 0.897. The smallest absolute Gasteiger partial charge is 0.254 e. The van der Waals surface area contributed by atoms with E-state index < -0.39 is 11.5 Å². The maximum Gasteiger partial charge on any atom is 0.254 e. The molecule has 1 aliphatic heterocycles. The highest BCUT2D eigenvalue weighted by molar-refractivity contribution is 5.86. The van der Waals surface area contributed by atoms with Crippen molar-refractivity contribution >= 4 is 22.8 Å². The molecule has 1 fully saturated rings. The summed E-state index contributed by atoms with van der Waals surface area (Å²) >= 11 is 0. The lowest BCUT2D eigenvalue weighted by atomic mass is 9.92. The number of carbonyl (C=O) groups is 2. The number of furan rings is 1. The van der Waals surface area contributed by atoms with E-state index in [1.54, 1.807) is 0 Å². The molecule has 2 heterocycles. The third-order valence-corrected chi connectivity index (χ3v) is 4.24. The zero-order chi connectivity index (χ0) is 16.4. The zero-order valence-electron chi connectivity index (χ0n) is 13.0. The van der Waals surface area contributed by atoms with Gasteiger partial charge in [-0.2, -0.15) is 0 Å². The van der Waals surface area contributed by atoms with Crippen molar-refractivity contribution in [1.82, 2.24) is 10.2 Å². The summed E-state index contributed by atoms with van der Waals surface area (Å²) in [4.78, 5) is 25.3. The van der Waals surface area contributed by atoms with Crippen LogP contribution < -0.4 is 5.32 Å². The van der Waals surface area contributed by atoms with Gasteiger partial charge in [0.25, 0.3) is 5.91 Å². The largest absolute Gasteiger partial charge is 0.459 e. The Kier molecular flexibility index (Phi) is 4.09. The average Bonchev–Trinajstić information content (AvgIpc) is 2.95. The van der Waals surface area contributed by atoms with E-state index in [4.69, 9.17) is 4.42 Å². The number of β-amino-alcohol motifs (C(OH)–C–C–N with tert-alkyl or cyclic N) is 1. The number of hydrogen-bond donors (Lipinski definition) is 2. The Balaban J connectivity index is 1.65. The highest BCUT2D eigenvalue weighted by Gasteiger charge is 2.40. The van der Waals surface area contributed by atoms with Crippen LogP contribution in [0.25, 0.3) is 11.0 Å². The number of nitrogens with zero attached hydrogens (tertiary/aromatic N) is 1. The Morgan fingerprint density at radius 1 is 1.39 bits per heavy atom. The van der Waals surface area contributed by atoms with E-state index in [9.17, 15) is 14.7 Å². The summed E-state index contributed by atoms with van der Waals surface area (Å²) in [5.74, 6) is 0.0273. The molecular weight excluding hydrogens is 296 g/mol. The van der Waals surface area contributed by atoms with Crippen LogP contribution >= 0.6 is 0 Å². The van der Waals surface area contributed by atoms with Gasteiger partial charge in [-0.1, -0.05) is 18.2 Å². The van der Waals surface area contributed by atoms with Crippen molar-refractivity contribution in [1.29, 1.82) is 0 Å². The average molecular weight is 316 g/mol. The minimum absolute atomic E-state index is 0.0360. The van der Waals surface area contributed by atoms with Crippen LogP contribution in [0.4, 0.5) is 0 Å². The number of benzene rings is 1. The molecule has 122 valence electrons. The Bertz CT molecular complexity index is 706. The van der Waals surface area contributed by atoms with E-state index in [-0.39, 0.29) is 19.0 Å². The van der Waals surface area contributed by atoms with Crippen LogP contribution in [0.5, 0.6) is 0 Å². The minimum Gasteiger partial charge on any atom is -0.459 e. The summed E-state index contributed by atoms with van der Waals surface area (Å²) in [6.07, 6.45) is 0.955. The van der Waals surface area contributed by atoms with Gasteiger partial charge in [-0.3, -0.25) is 9.59 Å². The van der Waals surface area contributed by atoms with Crippen LogP contribution in [0.2, 0.25) is 0 Å². The number of nitrogens with one attached hydrogen (secondary N) is 1. The third-order valence-electron chi connectivity index (χ3n) is 4.24. The zero-order valence-corrected chi connectivity index (χ0v) is 13.0. The second-order valence-electron chi connectivity index (χ2n) is 6.01. The van der Waals surface area contributed by atoms with Gasteiger partial charge in [0.05, 0.1) is 13.1 Å². The van der Waals surface area contributed by atoms with E-state index in [0.29, 0.717) is 25.1 Å². The van der Waals surface area contributed by atoms with Crippen molar-refractivity contribution in [2.24, 2.45) is 0 Å². The monoisotopic (exact) mass is 316 g/mol. The van der Waals surface area contributed by atoms with Gasteiger partial charge in [0.15, 0.2) is 5.60 Å². The van der Waals surface area contributed by atoms with Gasteiger partial charge in [0.1, 0.15) is 11.3 Å². The molecule has 3 rings (SSSR count). The molecule has 1 unspecified atom stereocenters. The lowest BCUT2D eigenvalue weighted by Gasteiger charge is -2.37. The van der Waals surface area contributed by atoms with Gasteiger partial charge < -0.3 is 19.7 Å². The molecule has 1 atom stereocenters. The Hall–Kier alpha value is -2.34. The SMILES string of the molecule is CC(=O)N1CCCC(O)(C(=O)NCc2cc3ccccc3o2)C1. The molecule has 2 N–H and O–H groups in total. The number of aliphatic hydroxyl groups is 1. The Morgan fingerprint density at radius 3 is 2.91 bits per heavy atom. The number of fused-ring (bicyclic) bond motifs is 1. The standard InChI is InChI=1S/C17H20N2O4/c1-12(20)19-8-4-7-17(22,11-19)16(21)18-10-14-9-13-5-2-3-6-15(13)23-14/h2-3,5-6,9,22H,4,7-8,10-11H2,1H3,(H,18,21). The number of rotatable bonds is 3. The first-order valence-electron chi connectivity index (χ1n) is 7.72. The summed E-state index contributed by atoms with van der Waals surface area (Å²) in [7, 11) is 0. The summed E-state index contributed by atoms with van der Waals surface area (Å²) in [6, 6.07) is 9.46. The summed E-state index contributed by atoms with van der Waals surface area (Å²) in [6.45, 7) is 2.26. The first kappa shape index (κ1) is 15.6. The molecule has 6 nitrogen and oxygen atoms in total. The molecule has 1 aromatic heterocycles. The molecule has 0 radical (unpaired) electrons. The fourth-order valence-corrected chi connectivity index (χ4v) is 2.95. The number of amides is 2. The third kappa shape index (κ3) is 3.22. The summed E-state index contributed by atoms with van der Waals surface area (Å²) in [5, 5.41) is 14.2. The van der Waals surface area contributed by atoms with Crippen LogP contribution in [-0.4, -0.2) is 40.5 Å². The van der Waals surface area contributed by atoms with Crippen molar-refractivity contribution in [3.05, 3.63) is 36.1 Å². The molecule has 0 bridgehead atoms. The molecule has 0 saturated carbocycles. The topological polar surface area (TPSA) is 82.8 Å². The number of piperidine rings is 1. The maximum absolute atomic E-state index is 12.3. The Morgan fingerprint density at radius 2 is 2.17 bits per heavy atom. The molecule has 2 aromatic rings. The van der Waals surface area contributed by atoms with Crippen LogP contribution in [-0.2, 0) is 16.1 Å². The summed E-state index contributed by atoms with van der Waals surface area (Å²) in [5.41, 5.74) is -0.772.